The van der Waals surface area contributed by atoms with Gasteiger partial charge in [0.15, 0.2) is 0 Å². The van der Waals surface area contributed by atoms with E-state index in [-0.39, 0.29) is 0 Å². The summed E-state index contributed by atoms with van der Waals surface area (Å²) in [6, 6.07) is 9.45. The van der Waals surface area contributed by atoms with E-state index in [1.54, 1.807) is 12.3 Å². The molecule has 0 saturated heterocycles. The summed E-state index contributed by atoms with van der Waals surface area (Å²) in [6.07, 6.45) is 2.70. The van der Waals surface area contributed by atoms with Crippen LogP contribution in [0.4, 0.5) is 0 Å². The van der Waals surface area contributed by atoms with Crippen LogP contribution in [-0.4, -0.2) is 34.6 Å². The molecule has 0 spiro atoms. The number of carboxylic acids is 1. The van der Waals surface area contributed by atoms with E-state index >= 15 is 0 Å². The molecule has 0 amide bonds. The molecule has 2 rings (SSSR count). The van der Waals surface area contributed by atoms with Crippen LogP contribution in [0.25, 0.3) is 0 Å². The van der Waals surface area contributed by atoms with E-state index in [2.05, 4.69) is 9.88 Å². The molecular weight excluding hydrogens is 260 g/mol. The molecule has 0 fully saturated rings. The molecule has 5 heteroatoms. The standard InChI is InChI=1S/C14H16N2O2S/c1-16(9-7-11-4-2-3-8-15-11)10-12-5-6-13(19-12)14(17)18/h2-6,8H,7,9-10H2,1H3,(H,17,18). The summed E-state index contributed by atoms with van der Waals surface area (Å²) in [6.45, 7) is 1.67. The normalized spacial score (nSPS) is 10.8. The Hall–Kier alpha value is -1.72. The Kier molecular flexibility index (Phi) is 4.65. The van der Waals surface area contributed by atoms with Gasteiger partial charge < -0.3 is 10.0 Å². The molecule has 19 heavy (non-hydrogen) atoms. The zero-order valence-corrected chi connectivity index (χ0v) is 11.6. The second-order valence-corrected chi connectivity index (χ2v) is 5.55. The number of carboxylic acid groups (broad SMARTS) is 1. The van der Waals surface area contributed by atoms with Crippen LogP contribution in [0.5, 0.6) is 0 Å². The highest BCUT2D eigenvalue weighted by molar-refractivity contribution is 7.13. The molecule has 0 unspecified atom stereocenters. The third-order valence-corrected chi connectivity index (χ3v) is 3.83. The molecule has 4 nitrogen and oxygen atoms in total. The Morgan fingerprint density at radius 1 is 1.37 bits per heavy atom. The molecule has 0 aliphatic carbocycles. The first-order valence-corrected chi connectivity index (χ1v) is 6.87. The Morgan fingerprint density at radius 2 is 2.21 bits per heavy atom. The third-order valence-electron chi connectivity index (χ3n) is 2.77. The minimum Gasteiger partial charge on any atom is -0.477 e. The Bertz CT molecular complexity index is 539. The van der Waals surface area contributed by atoms with Gasteiger partial charge in [-0.3, -0.25) is 4.98 Å². The van der Waals surface area contributed by atoms with E-state index in [9.17, 15) is 4.79 Å². The van der Waals surface area contributed by atoms with E-state index in [1.165, 1.54) is 11.3 Å². The highest BCUT2D eigenvalue weighted by Gasteiger charge is 2.08. The molecule has 0 saturated carbocycles. The first kappa shape index (κ1) is 13.7. The largest absolute Gasteiger partial charge is 0.477 e. The zero-order chi connectivity index (χ0) is 13.7. The van der Waals surface area contributed by atoms with Crippen molar-refractivity contribution in [1.82, 2.24) is 9.88 Å². The number of likely N-dealkylation sites (N-methyl/N-ethyl adjacent to an activating group) is 1. The van der Waals surface area contributed by atoms with Gasteiger partial charge in [-0.25, -0.2) is 4.79 Å². The molecule has 0 bridgehead atoms. The van der Waals surface area contributed by atoms with Crippen molar-refractivity contribution in [1.29, 1.82) is 0 Å². The summed E-state index contributed by atoms with van der Waals surface area (Å²) >= 11 is 1.33. The molecule has 2 heterocycles. The minimum atomic E-state index is -0.854. The van der Waals surface area contributed by atoms with Crippen LogP contribution >= 0.6 is 11.3 Å². The maximum atomic E-state index is 10.8. The number of hydrogen-bond acceptors (Lipinski definition) is 4. The van der Waals surface area contributed by atoms with Crippen LogP contribution in [0.1, 0.15) is 20.2 Å². The molecule has 0 radical (unpaired) electrons. The molecule has 0 aliphatic rings. The molecule has 0 aliphatic heterocycles. The van der Waals surface area contributed by atoms with Gasteiger partial charge in [-0.15, -0.1) is 11.3 Å². The number of pyridine rings is 1. The number of carbonyl (C=O) groups is 1. The Labute approximate surface area is 116 Å². The lowest BCUT2D eigenvalue weighted by atomic mass is 10.2. The molecule has 2 aromatic rings. The smallest absolute Gasteiger partial charge is 0.345 e. The fraction of sp³-hybridized carbons (Fsp3) is 0.286. The topological polar surface area (TPSA) is 53.4 Å². The van der Waals surface area contributed by atoms with Crippen molar-refractivity contribution in [3.8, 4) is 0 Å². The summed E-state index contributed by atoms with van der Waals surface area (Å²) in [5.41, 5.74) is 1.08. The van der Waals surface area contributed by atoms with Crippen molar-refractivity contribution in [2.75, 3.05) is 13.6 Å². The third kappa shape index (κ3) is 4.15. The van der Waals surface area contributed by atoms with E-state index in [0.29, 0.717) is 4.88 Å². The van der Waals surface area contributed by atoms with Crippen LogP contribution in [0.15, 0.2) is 36.5 Å². The molecule has 100 valence electrons. The van der Waals surface area contributed by atoms with Crippen LogP contribution in [-0.2, 0) is 13.0 Å². The summed E-state index contributed by atoms with van der Waals surface area (Å²) in [4.78, 5) is 18.7. The van der Waals surface area contributed by atoms with E-state index in [4.69, 9.17) is 5.11 Å². The molecule has 0 atom stereocenters. The number of aromatic nitrogens is 1. The fourth-order valence-corrected chi connectivity index (χ4v) is 2.70. The average Bonchev–Trinajstić information content (AvgIpc) is 2.86. The first-order valence-electron chi connectivity index (χ1n) is 6.05. The summed E-state index contributed by atoms with van der Waals surface area (Å²) in [7, 11) is 2.03. The van der Waals surface area contributed by atoms with Crippen molar-refractivity contribution < 1.29 is 9.90 Å². The molecule has 0 aromatic carbocycles. The van der Waals surface area contributed by atoms with Crippen LogP contribution in [0, 0.1) is 0 Å². The fourth-order valence-electron chi connectivity index (χ4n) is 1.77. The molecule has 1 N–H and O–H groups in total. The van der Waals surface area contributed by atoms with Gasteiger partial charge in [-0.2, -0.15) is 0 Å². The summed E-state index contributed by atoms with van der Waals surface area (Å²) in [5.74, 6) is -0.854. The van der Waals surface area contributed by atoms with Crippen molar-refractivity contribution in [2.24, 2.45) is 0 Å². The van der Waals surface area contributed by atoms with Crippen molar-refractivity contribution in [3.05, 3.63) is 52.0 Å². The van der Waals surface area contributed by atoms with Crippen LogP contribution < -0.4 is 0 Å². The van der Waals surface area contributed by atoms with E-state index < -0.39 is 5.97 Å². The SMILES string of the molecule is CN(CCc1ccccn1)Cc1ccc(C(=O)O)s1. The summed E-state index contributed by atoms with van der Waals surface area (Å²) < 4.78 is 0. The predicted octanol–water partition coefficient (Wildman–Crippen LogP) is 2.52. The second-order valence-electron chi connectivity index (χ2n) is 4.38. The van der Waals surface area contributed by atoms with Gasteiger partial charge in [0, 0.05) is 36.3 Å². The number of hydrogen-bond donors (Lipinski definition) is 1. The highest BCUT2D eigenvalue weighted by Crippen LogP contribution is 2.17. The maximum absolute atomic E-state index is 10.8. The summed E-state index contributed by atoms with van der Waals surface area (Å²) in [5, 5.41) is 8.87. The molecule has 2 aromatic heterocycles. The van der Waals surface area contributed by atoms with Crippen LogP contribution in [0.3, 0.4) is 0 Å². The van der Waals surface area contributed by atoms with Gasteiger partial charge in [0.1, 0.15) is 4.88 Å². The van der Waals surface area contributed by atoms with Gasteiger partial charge in [-0.05, 0) is 31.3 Å². The van der Waals surface area contributed by atoms with Crippen molar-refractivity contribution >= 4 is 17.3 Å². The number of thiophene rings is 1. The lowest BCUT2D eigenvalue weighted by Gasteiger charge is -2.14. The number of aromatic carboxylic acids is 1. The van der Waals surface area contributed by atoms with Gasteiger partial charge in [0.25, 0.3) is 0 Å². The van der Waals surface area contributed by atoms with Crippen LogP contribution in [0.2, 0.25) is 0 Å². The monoisotopic (exact) mass is 276 g/mol. The van der Waals surface area contributed by atoms with Crippen molar-refractivity contribution in [2.45, 2.75) is 13.0 Å². The van der Waals surface area contributed by atoms with Crippen molar-refractivity contribution in [3.63, 3.8) is 0 Å². The van der Waals surface area contributed by atoms with E-state index in [1.807, 2.05) is 31.3 Å². The lowest BCUT2D eigenvalue weighted by Crippen LogP contribution is -2.20. The zero-order valence-electron chi connectivity index (χ0n) is 10.7. The quantitative estimate of drug-likeness (QED) is 0.881. The van der Waals surface area contributed by atoms with Gasteiger partial charge in [0.05, 0.1) is 0 Å². The lowest BCUT2D eigenvalue weighted by molar-refractivity contribution is 0.0702. The van der Waals surface area contributed by atoms with Gasteiger partial charge in [-0.1, -0.05) is 6.07 Å². The highest BCUT2D eigenvalue weighted by atomic mass is 32.1. The van der Waals surface area contributed by atoms with E-state index in [0.717, 1.165) is 30.1 Å². The Morgan fingerprint density at radius 3 is 2.84 bits per heavy atom. The number of rotatable bonds is 6. The minimum absolute atomic E-state index is 0.396. The van der Waals surface area contributed by atoms with Gasteiger partial charge in [0.2, 0.25) is 0 Å². The second kappa shape index (κ2) is 6.45. The first-order chi connectivity index (χ1) is 9.15. The number of nitrogens with zero attached hydrogens (tertiary/aromatic N) is 2. The maximum Gasteiger partial charge on any atom is 0.345 e. The Balaban J connectivity index is 1.83. The molecular formula is C14H16N2O2S. The predicted molar refractivity (Wildman–Crippen MR) is 75.6 cm³/mol. The van der Waals surface area contributed by atoms with Gasteiger partial charge >= 0.3 is 5.97 Å². The average molecular weight is 276 g/mol.